The lowest BCUT2D eigenvalue weighted by Gasteiger charge is -2.36. The van der Waals surface area contributed by atoms with Crippen LogP contribution in [0.2, 0.25) is 0 Å². The second kappa shape index (κ2) is 7.06. The monoisotopic (exact) mass is 324 g/mol. The number of fused-ring (bicyclic) bond motifs is 1. The van der Waals surface area contributed by atoms with E-state index in [0.29, 0.717) is 12.5 Å². The third-order valence-electron chi connectivity index (χ3n) is 5.47. The third-order valence-corrected chi connectivity index (χ3v) is 5.47. The molecule has 1 aromatic carbocycles. The Morgan fingerprint density at radius 3 is 2.48 bits per heavy atom. The van der Waals surface area contributed by atoms with Gasteiger partial charge in [-0.25, -0.2) is 0 Å². The molecule has 1 aliphatic carbocycles. The molecule has 2 nitrogen and oxygen atoms in total. The summed E-state index contributed by atoms with van der Waals surface area (Å²) < 4.78 is 39.5. The molecule has 0 spiro atoms. The minimum atomic E-state index is -0.930. The van der Waals surface area contributed by atoms with Gasteiger partial charge in [-0.1, -0.05) is 26.2 Å². The molecule has 0 radical (unpaired) electrons. The van der Waals surface area contributed by atoms with E-state index in [2.05, 4.69) is 6.92 Å². The Balaban J connectivity index is 1.75. The first-order chi connectivity index (χ1) is 11.1. The fourth-order valence-electron chi connectivity index (χ4n) is 4.02. The summed E-state index contributed by atoms with van der Waals surface area (Å²) in [4.78, 5) is 0. The van der Waals surface area contributed by atoms with Crippen LogP contribution in [0.25, 0.3) is 0 Å². The molecule has 0 amide bonds. The molecule has 1 fully saturated rings. The molecule has 1 saturated carbocycles. The van der Waals surface area contributed by atoms with Gasteiger partial charge in [-0.3, -0.25) is 0 Å². The van der Waals surface area contributed by atoms with Gasteiger partial charge in [0.05, 0.1) is 6.61 Å². The fraction of sp³-hybridized carbons (Fsp3) is 0.684. The average Bonchev–Trinajstić information content (AvgIpc) is 2.59. The molecule has 23 heavy (non-hydrogen) atoms. The van der Waals surface area contributed by atoms with Crippen molar-refractivity contribution in [3.05, 3.63) is 23.3 Å². The molecule has 1 heterocycles. The maximum atomic E-state index is 14.3. The van der Waals surface area contributed by atoms with Crippen LogP contribution in [0, 0.1) is 23.5 Å². The van der Waals surface area contributed by atoms with Crippen LogP contribution >= 0.6 is 0 Å². The molecule has 4 heteroatoms. The van der Waals surface area contributed by atoms with Gasteiger partial charge in [0.1, 0.15) is 6.10 Å². The molecule has 2 aliphatic rings. The van der Waals surface area contributed by atoms with Gasteiger partial charge in [-0.15, -0.1) is 0 Å². The van der Waals surface area contributed by atoms with Crippen LogP contribution in [0.15, 0.2) is 6.07 Å². The normalized spacial score (nSPS) is 27.2. The van der Waals surface area contributed by atoms with Crippen LogP contribution < -0.4 is 9.47 Å². The molecule has 1 unspecified atom stereocenters. The zero-order valence-corrected chi connectivity index (χ0v) is 14.0. The van der Waals surface area contributed by atoms with Crippen LogP contribution in [0.1, 0.15) is 57.9 Å². The number of halogens is 2. The number of benzene rings is 1. The molecule has 3 rings (SSSR count). The highest BCUT2D eigenvalue weighted by Gasteiger charge is 2.33. The van der Waals surface area contributed by atoms with Crippen LogP contribution in [0.3, 0.4) is 0 Å². The van der Waals surface area contributed by atoms with Crippen molar-refractivity contribution >= 4 is 0 Å². The van der Waals surface area contributed by atoms with Crippen LogP contribution in [0.4, 0.5) is 8.78 Å². The Hall–Kier alpha value is -1.32. The summed E-state index contributed by atoms with van der Waals surface area (Å²) in [5.41, 5.74) is 0.728. The topological polar surface area (TPSA) is 18.5 Å². The molecule has 0 saturated heterocycles. The lowest BCUT2D eigenvalue weighted by molar-refractivity contribution is 0.0713. The summed E-state index contributed by atoms with van der Waals surface area (Å²) in [6, 6.07) is 1.60. The van der Waals surface area contributed by atoms with Gasteiger partial charge in [-0.05, 0) is 50.5 Å². The Morgan fingerprint density at radius 1 is 1.09 bits per heavy atom. The van der Waals surface area contributed by atoms with Gasteiger partial charge in [-0.2, -0.15) is 8.78 Å². The van der Waals surface area contributed by atoms with Crippen LogP contribution in [0.5, 0.6) is 11.5 Å². The summed E-state index contributed by atoms with van der Waals surface area (Å²) in [5, 5.41) is 0. The first-order valence-corrected chi connectivity index (χ1v) is 8.94. The van der Waals surface area contributed by atoms with Gasteiger partial charge in [0.15, 0.2) is 11.5 Å². The van der Waals surface area contributed by atoms with Gasteiger partial charge in [0, 0.05) is 5.56 Å². The summed E-state index contributed by atoms with van der Waals surface area (Å²) in [6.45, 7) is 4.32. The molecule has 1 aliphatic heterocycles. The quantitative estimate of drug-likeness (QED) is 0.751. The Kier molecular flexibility index (Phi) is 5.08. The van der Waals surface area contributed by atoms with E-state index >= 15 is 0 Å². The van der Waals surface area contributed by atoms with E-state index in [1.54, 1.807) is 13.0 Å². The number of hydrogen-bond donors (Lipinski definition) is 0. The summed E-state index contributed by atoms with van der Waals surface area (Å²) in [6.07, 6.45) is 7.60. The Morgan fingerprint density at radius 2 is 1.83 bits per heavy atom. The molecule has 128 valence electrons. The predicted octanol–water partition coefficient (Wildman–Crippen LogP) is 5.27. The van der Waals surface area contributed by atoms with Gasteiger partial charge in [0.25, 0.3) is 0 Å². The van der Waals surface area contributed by atoms with Gasteiger partial charge < -0.3 is 9.47 Å². The maximum Gasteiger partial charge on any atom is 0.204 e. The van der Waals surface area contributed by atoms with Crippen molar-refractivity contribution in [1.82, 2.24) is 0 Å². The second-order valence-corrected chi connectivity index (χ2v) is 6.81. The summed E-state index contributed by atoms with van der Waals surface area (Å²) in [7, 11) is 0. The highest BCUT2D eigenvalue weighted by Crippen LogP contribution is 2.41. The smallest absolute Gasteiger partial charge is 0.204 e. The van der Waals surface area contributed by atoms with E-state index < -0.39 is 11.6 Å². The molecular formula is C19H26F2O2. The molecular weight excluding hydrogens is 298 g/mol. The minimum Gasteiger partial charge on any atom is -0.491 e. The van der Waals surface area contributed by atoms with Crippen molar-refractivity contribution in [1.29, 1.82) is 0 Å². The Labute approximate surface area is 137 Å². The number of ether oxygens (including phenoxy) is 2. The van der Waals surface area contributed by atoms with Crippen LogP contribution in [-0.4, -0.2) is 12.7 Å². The fourth-order valence-corrected chi connectivity index (χ4v) is 4.02. The van der Waals surface area contributed by atoms with E-state index in [1.165, 1.54) is 19.3 Å². The summed E-state index contributed by atoms with van der Waals surface area (Å²) in [5.74, 6) is -0.419. The van der Waals surface area contributed by atoms with Crippen molar-refractivity contribution in [3.8, 4) is 11.5 Å². The van der Waals surface area contributed by atoms with E-state index in [1.807, 2.05) is 0 Å². The molecule has 1 aromatic rings. The predicted molar refractivity (Wildman–Crippen MR) is 86.0 cm³/mol. The Bertz CT molecular complexity index is 551. The van der Waals surface area contributed by atoms with Crippen molar-refractivity contribution in [2.75, 3.05) is 6.61 Å². The largest absolute Gasteiger partial charge is 0.491 e. The highest BCUT2D eigenvalue weighted by atomic mass is 19.2. The average molecular weight is 324 g/mol. The molecule has 0 aromatic heterocycles. The van der Waals surface area contributed by atoms with Crippen LogP contribution in [-0.2, 0) is 6.42 Å². The van der Waals surface area contributed by atoms with E-state index in [0.717, 1.165) is 37.2 Å². The number of rotatable bonds is 4. The SMILES string of the molecule is CCOc1cc2c(c(F)c1F)OC([C@H]1CC[C@H](CC)CC1)CC2. The third kappa shape index (κ3) is 3.31. The number of hydrogen-bond acceptors (Lipinski definition) is 2. The zero-order valence-electron chi connectivity index (χ0n) is 14.0. The molecule has 0 bridgehead atoms. The minimum absolute atomic E-state index is 0.00532. The van der Waals surface area contributed by atoms with Crippen molar-refractivity contribution in [2.24, 2.45) is 11.8 Å². The number of aryl methyl sites for hydroxylation is 1. The second-order valence-electron chi connectivity index (χ2n) is 6.81. The van der Waals surface area contributed by atoms with Crippen molar-refractivity contribution in [3.63, 3.8) is 0 Å². The highest BCUT2D eigenvalue weighted by molar-refractivity contribution is 5.44. The van der Waals surface area contributed by atoms with Crippen molar-refractivity contribution in [2.45, 2.75) is 64.9 Å². The lowest BCUT2D eigenvalue weighted by atomic mass is 9.77. The van der Waals surface area contributed by atoms with E-state index in [4.69, 9.17) is 9.47 Å². The first-order valence-electron chi connectivity index (χ1n) is 8.94. The first kappa shape index (κ1) is 16.5. The van der Waals surface area contributed by atoms with Gasteiger partial charge >= 0.3 is 0 Å². The standard InChI is InChI=1S/C19H26F2O2/c1-3-12-5-7-13(8-6-12)15-10-9-14-11-16(22-4-2)17(20)18(21)19(14)23-15/h11-13,15H,3-10H2,1-2H3/t12-,13-,15?. The van der Waals surface area contributed by atoms with Crippen molar-refractivity contribution < 1.29 is 18.3 Å². The summed E-state index contributed by atoms with van der Waals surface area (Å²) >= 11 is 0. The van der Waals surface area contributed by atoms with E-state index in [-0.39, 0.29) is 17.6 Å². The molecule has 0 N–H and O–H groups in total. The van der Waals surface area contributed by atoms with E-state index in [9.17, 15) is 8.78 Å². The zero-order chi connectivity index (χ0) is 16.4. The maximum absolute atomic E-state index is 14.3. The molecule has 1 atom stereocenters. The lowest BCUT2D eigenvalue weighted by Crippen LogP contribution is -2.34. The van der Waals surface area contributed by atoms with Gasteiger partial charge in [0.2, 0.25) is 11.6 Å².